The van der Waals surface area contributed by atoms with Crippen molar-refractivity contribution in [2.45, 2.75) is 19.1 Å². The van der Waals surface area contributed by atoms with Crippen LogP contribution in [0, 0.1) is 5.82 Å². The molecule has 0 bridgehead atoms. The van der Waals surface area contributed by atoms with Gasteiger partial charge in [-0.15, -0.1) is 0 Å². The molecule has 4 nitrogen and oxygen atoms in total. The Morgan fingerprint density at radius 3 is 2.64 bits per heavy atom. The third kappa shape index (κ3) is 2.98. The summed E-state index contributed by atoms with van der Waals surface area (Å²) in [6.07, 6.45) is -0.471. The van der Waals surface area contributed by atoms with Gasteiger partial charge in [0.1, 0.15) is 11.9 Å². The SMILES string of the molecule is O=C(CC1OC(=O)c2ccccc21)NCc1ccc(F)cc1. The van der Waals surface area contributed by atoms with E-state index in [0.717, 1.165) is 11.1 Å². The Morgan fingerprint density at radius 2 is 1.86 bits per heavy atom. The number of hydrogen-bond donors (Lipinski definition) is 1. The lowest BCUT2D eigenvalue weighted by Gasteiger charge is -2.11. The van der Waals surface area contributed by atoms with E-state index in [1.54, 1.807) is 30.3 Å². The number of cyclic esters (lactones) is 1. The van der Waals surface area contributed by atoms with Gasteiger partial charge in [0.15, 0.2) is 0 Å². The quantitative estimate of drug-likeness (QED) is 0.883. The molecule has 5 heteroatoms. The topological polar surface area (TPSA) is 55.4 Å². The summed E-state index contributed by atoms with van der Waals surface area (Å²) in [4.78, 5) is 23.7. The van der Waals surface area contributed by atoms with Crippen molar-refractivity contribution in [3.05, 3.63) is 71.0 Å². The zero-order valence-corrected chi connectivity index (χ0v) is 11.7. The Hall–Kier alpha value is -2.69. The molecule has 1 N–H and O–H groups in total. The maximum Gasteiger partial charge on any atom is 0.339 e. The molecular formula is C17H14FNO3. The summed E-state index contributed by atoms with van der Waals surface area (Å²) in [5.41, 5.74) is 2.06. The lowest BCUT2D eigenvalue weighted by molar-refractivity contribution is -0.123. The summed E-state index contributed by atoms with van der Waals surface area (Å²) >= 11 is 0. The third-order valence-corrected chi connectivity index (χ3v) is 3.55. The molecule has 1 amide bonds. The van der Waals surface area contributed by atoms with Crippen LogP contribution >= 0.6 is 0 Å². The number of esters is 1. The molecule has 1 unspecified atom stereocenters. The second-order valence-electron chi connectivity index (χ2n) is 5.09. The first-order valence-corrected chi connectivity index (χ1v) is 6.94. The number of nitrogens with one attached hydrogen (secondary N) is 1. The van der Waals surface area contributed by atoms with Gasteiger partial charge in [-0.3, -0.25) is 4.79 Å². The van der Waals surface area contributed by atoms with E-state index in [9.17, 15) is 14.0 Å². The van der Waals surface area contributed by atoms with Gasteiger partial charge in [-0.25, -0.2) is 9.18 Å². The highest BCUT2D eigenvalue weighted by atomic mass is 19.1. The minimum absolute atomic E-state index is 0.0734. The van der Waals surface area contributed by atoms with Crippen LogP contribution in [0.5, 0.6) is 0 Å². The molecule has 1 heterocycles. The molecule has 3 rings (SSSR count). The van der Waals surface area contributed by atoms with Gasteiger partial charge in [0.2, 0.25) is 5.91 Å². The lowest BCUT2D eigenvalue weighted by atomic mass is 10.0. The van der Waals surface area contributed by atoms with Crippen molar-refractivity contribution >= 4 is 11.9 Å². The molecular weight excluding hydrogens is 285 g/mol. The van der Waals surface area contributed by atoms with Crippen LogP contribution < -0.4 is 5.32 Å². The first-order chi connectivity index (χ1) is 10.6. The van der Waals surface area contributed by atoms with Crippen molar-refractivity contribution in [3.63, 3.8) is 0 Å². The van der Waals surface area contributed by atoms with E-state index >= 15 is 0 Å². The lowest BCUT2D eigenvalue weighted by Crippen LogP contribution is -2.24. The summed E-state index contributed by atoms with van der Waals surface area (Å²) < 4.78 is 18.0. The number of hydrogen-bond acceptors (Lipinski definition) is 3. The van der Waals surface area contributed by atoms with Crippen LogP contribution in [-0.2, 0) is 16.1 Å². The van der Waals surface area contributed by atoms with Crippen LogP contribution in [0.25, 0.3) is 0 Å². The molecule has 2 aromatic rings. The Labute approximate surface area is 126 Å². The average molecular weight is 299 g/mol. The van der Waals surface area contributed by atoms with Gasteiger partial charge in [-0.2, -0.15) is 0 Å². The summed E-state index contributed by atoms with van der Waals surface area (Å²) in [7, 11) is 0. The summed E-state index contributed by atoms with van der Waals surface area (Å²) in [6, 6.07) is 13.0. The predicted octanol–water partition coefficient (Wildman–Crippen LogP) is 2.74. The van der Waals surface area contributed by atoms with Gasteiger partial charge in [0, 0.05) is 12.1 Å². The highest BCUT2D eigenvalue weighted by Crippen LogP contribution is 2.32. The van der Waals surface area contributed by atoms with E-state index < -0.39 is 12.1 Å². The number of rotatable bonds is 4. The molecule has 1 atom stereocenters. The smallest absolute Gasteiger partial charge is 0.339 e. The van der Waals surface area contributed by atoms with Crippen LogP contribution in [0.4, 0.5) is 4.39 Å². The molecule has 22 heavy (non-hydrogen) atoms. The van der Waals surface area contributed by atoms with Crippen LogP contribution in [0.3, 0.4) is 0 Å². The molecule has 1 aliphatic rings. The van der Waals surface area contributed by atoms with Crippen LogP contribution in [0.2, 0.25) is 0 Å². The van der Waals surface area contributed by atoms with Crippen LogP contribution in [0.1, 0.15) is 34.0 Å². The Morgan fingerprint density at radius 1 is 1.14 bits per heavy atom. The van der Waals surface area contributed by atoms with Gasteiger partial charge < -0.3 is 10.1 Å². The number of amides is 1. The standard InChI is InChI=1S/C17H14FNO3/c18-12-7-5-11(6-8-12)10-19-16(20)9-15-13-3-1-2-4-14(13)17(21)22-15/h1-8,15H,9-10H2,(H,19,20). The molecule has 0 radical (unpaired) electrons. The van der Waals surface area contributed by atoms with E-state index in [0.29, 0.717) is 12.1 Å². The zero-order chi connectivity index (χ0) is 15.5. The third-order valence-electron chi connectivity index (χ3n) is 3.55. The van der Waals surface area contributed by atoms with Crippen LogP contribution in [0.15, 0.2) is 48.5 Å². The van der Waals surface area contributed by atoms with Crippen molar-refractivity contribution in [1.29, 1.82) is 0 Å². The molecule has 0 saturated carbocycles. The Bertz CT molecular complexity index is 712. The first-order valence-electron chi connectivity index (χ1n) is 6.94. The summed E-state index contributed by atoms with van der Waals surface area (Å²) in [5.74, 6) is -0.935. The average Bonchev–Trinajstić information content (AvgIpc) is 2.83. The number of fused-ring (bicyclic) bond motifs is 1. The minimum atomic E-state index is -0.545. The molecule has 112 valence electrons. The van der Waals surface area contributed by atoms with Crippen molar-refractivity contribution in [3.8, 4) is 0 Å². The number of carbonyl (C=O) groups is 2. The molecule has 0 saturated heterocycles. The summed E-state index contributed by atoms with van der Waals surface area (Å²) in [6.45, 7) is 0.307. The minimum Gasteiger partial charge on any atom is -0.453 e. The molecule has 1 aliphatic heterocycles. The maximum atomic E-state index is 12.8. The monoisotopic (exact) mass is 299 g/mol. The Balaban J connectivity index is 1.59. The Kier molecular flexibility index (Phi) is 3.87. The highest BCUT2D eigenvalue weighted by molar-refractivity contribution is 5.94. The zero-order valence-electron chi connectivity index (χ0n) is 11.7. The fourth-order valence-corrected chi connectivity index (χ4v) is 2.41. The highest BCUT2D eigenvalue weighted by Gasteiger charge is 2.31. The second-order valence-corrected chi connectivity index (χ2v) is 5.09. The largest absolute Gasteiger partial charge is 0.453 e. The van der Waals surface area contributed by atoms with Gasteiger partial charge in [-0.05, 0) is 23.8 Å². The van der Waals surface area contributed by atoms with Crippen LogP contribution in [-0.4, -0.2) is 11.9 Å². The number of carbonyl (C=O) groups excluding carboxylic acids is 2. The van der Waals surface area contributed by atoms with Gasteiger partial charge in [0.25, 0.3) is 0 Å². The van der Waals surface area contributed by atoms with Crippen molar-refractivity contribution in [2.75, 3.05) is 0 Å². The van der Waals surface area contributed by atoms with Gasteiger partial charge >= 0.3 is 5.97 Å². The second kappa shape index (κ2) is 5.97. The number of benzene rings is 2. The van der Waals surface area contributed by atoms with Crippen molar-refractivity contribution in [2.24, 2.45) is 0 Å². The molecule has 0 aromatic heterocycles. The van der Waals surface area contributed by atoms with Gasteiger partial charge in [0.05, 0.1) is 12.0 Å². The maximum absolute atomic E-state index is 12.8. The number of ether oxygens (including phenoxy) is 1. The molecule has 2 aromatic carbocycles. The van der Waals surface area contributed by atoms with E-state index in [2.05, 4.69) is 5.32 Å². The van der Waals surface area contributed by atoms with Gasteiger partial charge in [-0.1, -0.05) is 30.3 Å². The van der Waals surface area contributed by atoms with Crippen molar-refractivity contribution < 1.29 is 18.7 Å². The molecule has 0 fully saturated rings. The predicted molar refractivity (Wildman–Crippen MR) is 77.5 cm³/mol. The van der Waals surface area contributed by atoms with E-state index in [1.165, 1.54) is 12.1 Å². The summed E-state index contributed by atoms with van der Waals surface area (Å²) in [5, 5.41) is 2.74. The normalized spacial score (nSPS) is 16.0. The number of halogens is 1. The molecule has 0 spiro atoms. The van der Waals surface area contributed by atoms with E-state index in [-0.39, 0.29) is 18.1 Å². The fourth-order valence-electron chi connectivity index (χ4n) is 2.41. The molecule has 0 aliphatic carbocycles. The fraction of sp³-hybridized carbons (Fsp3) is 0.176. The van der Waals surface area contributed by atoms with Crippen molar-refractivity contribution in [1.82, 2.24) is 5.32 Å². The first kappa shape index (κ1) is 14.3. The van der Waals surface area contributed by atoms with E-state index in [1.807, 2.05) is 6.07 Å². The van der Waals surface area contributed by atoms with E-state index in [4.69, 9.17) is 4.74 Å².